The van der Waals surface area contributed by atoms with Crippen molar-refractivity contribution in [3.05, 3.63) is 0 Å². The Morgan fingerprint density at radius 2 is 2.06 bits per heavy atom. The van der Waals surface area contributed by atoms with E-state index in [1.807, 2.05) is 6.26 Å². The van der Waals surface area contributed by atoms with Crippen molar-refractivity contribution in [1.82, 2.24) is 9.03 Å². The minimum atomic E-state index is -3.87. The van der Waals surface area contributed by atoms with Gasteiger partial charge in [-0.2, -0.15) is 18.0 Å². The Balaban J connectivity index is 2.68. The number of methoxy groups -OCH3 is 1. The van der Waals surface area contributed by atoms with E-state index in [1.54, 1.807) is 4.72 Å². The first-order valence-corrected chi connectivity index (χ1v) is 7.88. The fourth-order valence-electron chi connectivity index (χ4n) is 1.66. The monoisotopic (exact) mass is 293 g/mol. The zero-order valence-corrected chi connectivity index (χ0v) is 11.8. The Morgan fingerprint density at radius 3 is 2.44 bits per heavy atom. The Labute approximate surface area is 111 Å². The smallest absolute Gasteiger partial charge is 0.421 e. The molecule has 1 aliphatic heterocycles. The number of hydrogen-bond acceptors (Lipinski definition) is 6. The zero-order valence-electron chi connectivity index (χ0n) is 10.2. The summed E-state index contributed by atoms with van der Waals surface area (Å²) in [7, 11) is -2.78. The lowest BCUT2D eigenvalue weighted by Gasteiger charge is -2.34. The maximum Gasteiger partial charge on any atom is 0.421 e. The van der Waals surface area contributed by atoms with Crippen molar-refractivity contribution in [2.75, 3.05) is 26.5 Å². The highest BCUT2D eigenvalue weighted by molar-refractivity contribution is 8.00. The lowest BCUT2D eigenvalue weighted by molar-refractivity contribution is 0.176. The summed E-state index contributed by atoms with van der Waals surface area (Å²) in [6.07, 6.45) is 1.69. The molecule has 0 aromatic carbocycles. The largest absolute Gasteiger partial charge is 0.452 e. The number of nitriles is 1. The molecule has 1 fully saturated rings. The normalized spacial score (nSPS) is 19.8. The van der Waals surface area contributed by atoms with Gasteiger partial charge in [-0.15, -0.1) is 11.8 Å². The molecule has 0 unspecified atom stereocenters. The number of ether oxygens (including phenoxy) is 1. The number of hydrogen-bond donors (Lipinski definition) is 1. The van der Waals surface area contributed by atoms with Crippen LogP contribution in [0.1, 0.15) is 12.8 Å². The van der Waals surface area contributed by atoms with Crippen LogP contribution in [0, 0.1) is 11.3 Å². The predicted molar refractivity (Wildman–Crippen MR) is 67.1 cm³/mol. The molecular weight excluding hydrogens is 278 g/mol. The van der Waals surface area contributed by atoms with Crippen LogP contribution in [-0.2, 0) is 14.9 Å². The van der Waals surface area contributed by atoms with E-state index in [-0.39, 0.29) is 13.1 Å². The van der Waals surface area contributed by atoms with E-state index in [4.69, 9.17) is 5.26 Å². The van der Waals surface area contributed by atoms with Crippen molar-refractivity contribution in [2.24, 2.45) is 0 Å². The lowest BCUT2D eigenvalue weighted by atomic mass is 9.99. The van der Waals surface area contributed by atoms with E-state index in [9.17, 15) is 13.2 Å². The molecule has 0 radical (unpaired) electrons. The number of carbonyl (C=O) groups is 1. The molecule has 1 saturated heterocycles. The fourth-order valence-corrected chi connectivity index (χ4v) is 3.43. The second kappa shape index (κ2) is 5.77. The molecule has 1 heterocycles. The molecule has 0 aromatic heterocycles. The first-order valence-electron chi connectivity index (χ1n) is 5.21. The summed E-state index contributed by atoms with van der Waals surface area (Å²) in [6, 6.07) is 2.22. The minimum absolute atomic E-state index is 0.209. The van der Waals surface area contributed by atoms with Crippen LogP contribution in [0.2, 0.25) is 0 Å². The van der Waals surface area contributed by atoms with Crippen molar-refractivity contribution >= 4 is 28.1 Å². The molecule has 0 atom stereocenters. The second-order valence-corrected chi connectivity index (χ2v) is 6.67. The van der Waals surface area contributed by atoms with E-state index in [0.29, 0.717) is 12.8 Å². The van der Waals surface area contributed by atoms with Crippen LogP contribution in [0.25, 0.3) is 0 Å². The van der Waals surface area contributed by atoms with Gasteiger partial charge in [0.05, 0.1) is 13.2 Å². The molecule has 18 heavy (non-hydrogen) atoms. The number of amides is 1. The van der Waals surface area contributed by atoms with Crippen molar-refractivity contribution in [2.45, 2.75) is 17.6 Å². The molecule has 9 heteroatoms. The predicted octanol–water partition coefficient (Wildman–Crippen LogP) is 0.308. The van der Waals surface area contributed by atoms with Gasteiger partial charge in [0.1, 0.15) is 4.75 Å². The third kappa shape index (κ3) is 3.28. The van der Waals surface area contributed by atoms with Gasteiger partial charge in [-0.05, 0) is 19.1 Å². The summed E-state index contributed by atoms with van der Waals surface area (Å²) in [5.41, 5.74) is 0. The Kier molecular flexibility index (Phi) is 4.84. The lowest BCUT2D eigenvalue weighted by Crippen LogP contribution is -2.49. The molecular formula is C9H15N3O4S2. The van der Waals surface area contributed by atoms with Crippen molar-refractivity contribution in [3.8, 4) is 6.07 Å². The number of nitrogens with one attached hydrogen (secondary N) is 1. The number of carbonyl (C=O) groups excluding carboxylic acids is 1. The summed E-state index contributed by atoms with van der Waals surface area (Å²) in [5.74, 6) is 0. The van der Waals surface area contributed by atoms with Crippen LogP contribution in [-0.4, -0.2) is 50.0 Å². The van der Waals surface area contributed by atoms with E-state index >= 15 is 0 Å². The Morgan fingerprint density at radius 1 is 1.50 bits per heavy atom. The van der Waals surface area contributed by atoms with Gasteiger partial charge >= 0.3 is 16.3 Å². The maximum atomic E-state index is 11.8. The average molecular weight is 293 g/mol. The number of rotatable bonds is 3. The van der Waals surface area contributed by atoms with Gasteiger partial charge < -0.3 is 4.74 Å². The highest BCUT2D eigenvalue weighted by atomic mass is 32.2. The van der Waals surface area contributed by atoms with Crippen LogP contribution in [0.15, 0.2) is 0 Å². The zero-order chi connectivity index (χ0) is 13.8. The van der Waals surface area contributed by atoms with Crippen LogP contribution in [0.3, 0.4) is 0 Å². The molecule has 0 aromatic rings. The quantitative estimate of drug-likeness (QED) is 0.804. The number of piperidine rings is 1. The van der Waals surface area contributed by atoms with E-state index in [1.165, 1.54) is 11.8 Å². The standard InChI is InChI=1S/C9H15N3O4S2/c1-16-8(13)11-18(14,15)12-5-3-9(7-10,17-2)4-6-12/h3-6H2,1-2H3,(H,11,13). The molecule has 0 bridgehead atoms. The van der Waals surface area contributed by atoms with E-state index in [2.05, 4.69) is 10.8 Å². The third-order valence-electron chi connectivity index (χ3n) is 2.86. The molecule has 0 saturated carbocycles. The van der Waals surface area contributed by atoms with Crippen LogP contribution in [0.5, 0.6) is 0 Å². The topological polar surface area (TPSA) is 99.5 Å². The molecule has 0 aliphatic carbocycles. The van der Waals surface area contributed by atoms with E-state index < -0.39 is 21.0 Å². The second-order valence-electron chi connectivity index (χ2n) is 3.81. The number of thioether (sulfide) groups is 1. The summed E-state index contributed by atoms with van der Waals surface area (Å²) in [4.78, 5) is 10.9. The van der Waals surface area contributed by atoms with Crippen molar-refractivity contribution < 1.29 is 17.9 Å². The van der Waals surface area contributed by atoms with Gasteiger partial charge in [-0.3, -0.25) is 0 Å². The summed E-state index contributed by atoms with van der Waals surface area (Å²) >= 11 is 1.43. The van der Waals surface area contributed by atoms with Crippen LogP contribution in [0.4, 0.5) is 4.79 Å². The maximum absolute atomic E-state index is 11.8. The van der Waals surface area contributed by atoms with E-state index in [0.717, 1.165) is 11.4 Å². The van der Waals surface area contributed by atoms with Gasteiger partial charge in [0.25, 0.3) is 0 Å². The number of nitrogens with zero attached hydrogens (tertiary/aromatic N) is 2. The molecule has 1 rings (SSSR count). The van der Waals surface area contributed by atoms with Gasteiger partial charge in [0.2, 0.25) is 0 Å². The van der Waals surface area contributed by atoms with Gasteiger partial charge in [-0.25, -0.2) is 9.52 Å². The highest BCUT2D eigenvalue weighted by Gasteiger charge is 2.38. The summed E-state index contributed by atoms with van der Waals surface area (Å²) in [6.45, 7) is 0.418. The van der Waals surface area contributed by atoms with Gasteiger partial charge in [0, 0.05) is 13.1 Å². The Hall–Kier alpha value is -0.980. The van der Waals surface area contributed by atoms with Gasteiger partial charge in [0.15, 0.2) is 0 Å². The first kappa shape index (κ1) is 15.1. The Bertz CT molecular complexity index is 449. The minimum Gasteiger partial charge on any atom is -0.452 e. The molecule has 0 spiro atoms. The van der Waals surface area contributed by atoms with Gasteiger partial charge in [-0.1, -0.05) is 0 Å². The molecule has 7 nitrogen and oxygen atoms in total. The summed E-state index contributed by atoms with van der Waals surface area (Å²) in [5, 5.41) is 9.09. The first-order chi connectivity index (χ1) is 8.39. The highest BCUT2D eigenvalue weighted by Crippen LogP contribution is 2.34. The molecule has 1 N–H and O–H groups in total. The third-order valence-corrected chi connectivity index (χ3v) is 5.61. The average Bonchev–Trinajstić information content (AvgIpc) is 2.38. The SMILES string of the molecule is COC(=O)NS(=O)(=O)N1CCC(C#N)(SC)CC1. The molecule has 102 valence electrons. The molecule has 1 amide bonds. The van der Waals surface area contributed by atoms with Crippen molar-refractivity contribution in [1.29, 1.82) is 5.26 Å². The fraction of sp³-hybridized carbons (Fsp3) is 0.778. The summed E-state index contributed by atoms with van der Waals surface area (Å²) < 4.78 is 30.2. The van der Waals surface area contributed by atoms with Crippen LogP contribution < -0.4 is 4.72 Å². The molecule has 1 aliphatic rings. The van der Waals surface area contributed by atoms with Crippen LogP contribution >= 0.6 is 11.8 Å². The van der Waals surface area contributed by atoms with Crippen molar-refractivity contribution in [3.63, 3.8) is 0 Å².